The maximum absolute atomic E-state index is 10.0. The highest BCUT2D eigenvalue weighted by molar-refractivity contribution is 5.24. The van der Waals surface area contributed by atoms with Crippen molar-refractivity contribution in [2.75, 3.05) is 13.1 Å². The minimum Gasteiger partial charge on any atom is -0.392 e. The number of hydrogen-bond donors (Lipinski definition) is 1. The van der Waals surface area contributed by atoms with Crippen molar-refractivity contribution in [3.8, 4) is 0 Å². The van der Waals surface area contributed by atoms with Crippen LogP contribution in [-0.2, 0) is 0 Å². The van der Waals surface area contributed by atoms with Crippen molar-refractivity contribution >= 4 is 0 Å². The molecule has 2 nitrogen and oxygen atoms in total. The predicted octanol–water partition coefficient (Wildman–Crippen LogP) is 4.77. The Hall–Kier alpha value is -0.340. The van der Waals surface area contributed by atoms with Crippen LogP contribution in [0.15, 0.2) is 11.6 Å². The van der Waals surface area contributed by atoms with Crippen LogP contribution < -0.4 is 0 Å². The van der Waals surface area contributed by atoms with Crippen molar-refractivity contribution in [1.29, 1.82) is 0 Å². The van der Waals surface area contributed by atoms with Crippen LogP contribution in [-0.4, -0.2) is 35.2 Å². The Bertz CT molecular complexity index is 570. The van der Waals surface area contributed by atoms with E-state index in [0.717, 1.165) is 43.3 Å². The lowest BCUT2D eigenvalue weighted by molar-refractivity contribution is -0.0507. The van der Waals surface area contributed by atoms with E-state index < -0.39 is 0 Å². The Morgan fingerprint density at radius 2 is 1.92 bits per heavy atom. The predicted molar refractivity (Wildman–Crippen MR) is 102 cm³/mol. The second kappa shape index (κ2) is 5.83. The van der Waals surface area contributed by atoms with Crippen molar-refractivity contribution in [2.24, 2.45) is 28.6 Å². The lowest BCUT2D eigenvalue weighted by atomic mass is 9.48. The van der Waals surface area contributed by atoms with Crippen LogP contribution in [0.4, 0.5) is 0 Å². The van der Waals surface area contributed by atoms with Gasteiger partial charge in [0.25, 0.3) is 0 Å². The van der Waals surface area contributed by atoms with Gasteiger partial charge in [-0.2, -0.15) is 0 Å². The van der Waals surface area contributed by atoms with Crippen LogP contribution in [0.5, 0.6) is 0 Å². The van der Waals surface area contributed by atoms with Gasteiger partial charge in [-0.1, -0.05) is 31.9 Å². The van der Waals surface area contributed by atoms with Gasteiger partial charge in [-0.25, -0.2) is 0 Å². The minimum absolute atomic E-state index is 0.0692. The third kappa shape index (κ3) is 2.35. The molecule has 140 valence electrons. The molecule has 0 bridgehead atoms. The molecule has 0 spiro atoms. The number of nitrogens with zero attached hydrogens (tertiary/aromatic N) is 1. The third-order valence-electron chi connectivity index (χ3n) is 9.60. The maximum atomic E-state index is 10.0. The van der Waals surface area contributed by atoms with Gasteiger partial charge in [-0.15, -0.1) is 0 Å². The Balaban J connectivity index is 1.42. The van der Waals surface area contributed by atoms with Gasteiger partial charge in [0.05, 0.1) is 6.10 Å². The van der Waals surface area contributed by atoms with E-state index in [1.54, 1.807) is 0 Å². The highest BCUT2D eigenvalue weighted by atomic mass is 16.3. The monoisotopic (exact) mass is 343 g/mol. The van der Waals surface area contributed by atoms with Gasteiger partial charge < -0.3 is 5.11 Å². The van der Waals surface area contributed by atoms with E-state index in [1.165, 1.54) is 57.8 Å². The smallest absolute Gasteiger partial charge is 0.0679 e. The Labute approximate surface area is 154 Å². The number of likely N-dealkylation sites (tertiary alicyclic amines) is 1. The van der Waals surface area contributed by atoms with E-state index in [1.807, 2.05) is 5.57 Å². The fraction of sp³-hybridized carbons (Fsp3) is 0.913. The largest absolute Gasteiger partial charge is 0.392 e. The molecular formula is C23H37NO. The van der Waals surface area contributed by atoms with E-state index in [0.29, 0.717) is 10.8 Å². The van der Waals surface area contributed by atoms with Gasteiger partial charge in [-0.05, 0) is 86.4 Å². The van der Waals surface area contributed by atoms with E-state index in [-0.39, 0.29) is 6.10 Å². The average Bonchev–Trinajstić information content (AvgIpc) is 3.16. The molecule has 0 aromatic carbocycles. The zero-order valence-electron chi connectivity index (χ0n) is 16.3. The molecule has 0 radical (unpaired) electrons. The summed E-state index contributed by atoms with van der Waals surface area (Å²) in [7, 11) is 0. The fourth-order valence-corrected chi connectivity index (χ4v) is 8.32. The summed E-state index contributed by atoms with van der Waals surface area (Å²) in [6, 6.07) is 0.736. The zero-order valence-corrected chi connectivity index (χ0v) is 16.3. The maximum Gasteiger partial charge on any atom is 0.0679 e. The van der Waals surface area contributed by atoms with Crippen LogP contribution in [0.2, 0.25) is 0 Å². The molecule has 1 N–H and O–H groups in total. The van der Waals surface area contributed by atoms with Crippen LogP contribution in [0.3, 0.4) is 0 Å². The summed E-state index contributed by atoms with van der Waals surface area (Å²) in [6.07, 6.45) is 16.4. The Morgan fingerprint density at radius 3 is 2.72 bits per heavy atom. The van der Waals surface area contributed by atoms with E-state index in [4.69, 9.17) is 0 Å². The number of allylic oxidation sites excluding steroid dienone is 2. The van der Waals surface area contributed by atoms with Crippen molar-refractivity contribution in [2.45, 2.75) is 90.2 Å². The van der Waals surface area contributed by atoms with Crippen molar-refractivity contribution in [3.05, 3.63) is 11.6 Å². The Kier molecular flexibility index (Phi) is 3.92. The summed E-state index contributed by atoms with van der Waals surface area (Å²) >= 11 is 0. The number of hydrogen-bond acceptors (Lipinski definition) is 2. The van der Waals surface area contributed by atoms with Crippen molar-refractivity contribution in [3.63, 3.8) is 0 Å². The van der Waals surface area contributed by atoms with Crippen LogP contribution >= 0.6 is 0 Å². The second-order valence-electron chi connectivity index (χ2n) is 10.5. The molecule has 4 aliphatic carbocycles. The molecule has 3 saturated carbocycles. The number of rotatable bonds is 1. The second-order valence-corrected chi connectivity index (χ2v) is 10.5. The van der Waals surface area contributed by atoms with Crippen LogP contribution in [0.1, 0.15) is 78.1 Å². The van der Waals surface area contributed by atoms with Crippen LogP contribution in [0.25, 0.3) is 0 Å². The first-order valence-corrected chi connectivity index (χ1v) is 11.1. The van der Waals surface area contributed by atoms with Gasteiger partial charge in [0.1, 0.15) is 0 Å². The fourth-order valence-electron chi connectivity index (χ4n) is 8.32. The zero-order chi connectivity index (χ0) is 17.2. The molecule has 1 aliphatic heterocycles. The molecule has 2 heteroatoms. The molecule has 5 rings (SSSR count). The number of aliphatic hydroxyl groups excluding tert-OH is 1. The molecule has 0 amide bonds. The third-order valence-corrected chi connectivity index (χ3v) is 9.60. The summed E-state index contributed by atoms with van der Waals surface area (Å²) in [5.74, 6) is 2.81. The summed E-state index contributed by atoms with van der Waals surface area (Å²) in [5.41, 5.74) is 2.87. The molecule has 1 saturated heterocycles. The van der Waals surface area contributed by atoms with E-state index in [2.05, 4.69) is 24.8 Å². The quantitative estimate of drug-likeness (QED) is 0.693. The molecule has 2 unspecified atom stereocenters. The first kappa shape index (κ1) is 16.8. The molecular weight excluding hydrogens is 306 g/mol. The summed E-state index contributed by atoms with van der Waals surface area (Å²) in [6.45, 7) is 7.31. The SMILES string of the molecule is C[C@]12CCCCC1=CC[C@@H]1[C@H]2CC[C@]2(C)C(N3CCC(O)C3)CC[C@@H]12. The topological polar surface area (TPSA) is 23.5 Å². The molecule has 25 heavy (non-hydrogen) atoms. The molecule has 4 fully saturated rings. The van der Waals surface area contributed by atoms with Gasteiger partial charge in [-0.3, -0.25) is 4.90 Å². The molecule has 1 heterocycles. The lowest BCUT2D eigenvalue weighted by Crippen LogP contribution is -2.53. The molecule has 7 atom stereocenters. The highest BCUT2D eigenvalue weighted by Crippen LogP contribution is 2.65. The highest BCUT2D eigenvalue weighted by Gasteiger charge is 2.59. The van der Waals surface area contributed by atoms with Gasteiger partial charge in [0.2, 0.25) is 0 Å². The lowest BCUT2D eigenvalue weighted by Gasteiger charge is -2.58. The van der Waals surface area contributed by atoms with Crippen LogP contribution in [0, 0.1) is 28.6 Å². The number of fused-ring (bicyclic) bond motifs is 5. The average molecular weight is 344 g/mol. The van der Waals surface area contributed by atoms with E-state index >= 15 is 0 Å². The normalized spacial score (nSPS) is 53.1. The van der Waals surface area contributed by atoms with Gasteiger partial charge in [0, 0.05) is 19.1 Å². The van der Waals surface area contributed by atoms with Gasteiger partial charge in [0.15, 0.2) is 0 Å². The summed E-state index contributed by atoms with van der Waals surface area (Å²) in [4.78, 5) is 2.66. The van der Waals surface area contributed by atoms with Crippen molar-refractivity contribution in [1.82, 2.24) is 4.90 Å². The first-order chi connectivity index (χ1) is 12.0. The van der Waals surface area contributed by atoms with Gasteiger partial charge >= 0.3 is 0 Å². The number of aliphatic hydroxyl groups is 1. The Morgan fingerprint density at radius 1 is 1.04 bits per heavy atom. The summed E-state index contributed by atoms with van der Waals surface area (Å²) in [5, 5.41) is 10.0. The molecule has 5 aliphatic rings. The van der Waals surface area contributed by atoms with Crippen molar-refractivity contribution < 1.29 is 5.11 Å². The molecule has 0 aromatic rings. The minimum atomic E-state index is -0.0692. The van der Waals surface area contributed by atoms with E-state index in [9.17, 15) is 5.11 Å². The standard InChI is InChI=1S/C23H37NO/c1-22-12-4-3-5-16(22)6-7-18-19-8-9-21(24-14-11-17(25)15-24)23(19,2)13-10-20(18)22/h6,17-21,25H,3-5,7-15H2,1-2H3/t17?,18-,19-,20+,21?,22-,23-/m0/s1. The number of β-amino-alcohol motifs (C(OH)–C–C–N with tert-alkyl or cyclic N) is 1. The first-order valence-electron chi connectivity index (χ1n) is 11.1. The summed E-state index contributed by atoms with van der Waals surface area (Å²) < 4.78 is 0. The molecule has 0 aromatic heterocycles.